The molecule has 3 unspecified atom stereocenters. The topological polar surface area (TPSA) is 35.8 Å². The summed E-state index contributed by atoms with van der Waals surface area (Å²) < 4.78 is 0.979. The van der Waals surface area contributed by atoms with Crippen LogP contribution in [0.5, 0.6) is 0 Å². The highest BCUT2D eigenvalue weighted by Gasteiger charge is 2.25. The molecular weight excluding hydrogens is 288 g/mol. The highest BCUT2D eigenvalue weighted by atomic mass is 79.9. The molecule has 1 N–H and O–H groups in total. The molecule has 1 saturated carbocycles. The van der Waals surface area contributed by atoms with Gasteiger partial charge < -0.3 is 5.32 Å². The lowest BCUT2D eigenvalue weighted by Crippen LogP contribution is -2.33. The Morgan fingerprint density at radius 1 is 1.33 bits per heavy atom. The van der Waals surface area contributed by atoms with Crippen LogP contribution in [0.15, 0.2) is 22.7 Å². The Bertz CT molecular complexity index is 464. The Kier molecular flexibility index (Phi) is 4.29. The van der Waals surface area contributed by atoms with Gasteiger partial charge in [0.2, 0.25) is 0 Å². The average molecular weight is 307 g/mol. The Morgan fingerprint density at radius 3 is 2.72 bits per heavy atom. The lowest BCUT2D eigenvalue weighted by molar-refractivity contribution is 0.276. The van der Waals surface area contributed by atoms with Gasteiger partial charge in [0.1, 0.15) is 0 Å². The maximum Gasteiger partial charge on any atom is 0.0992 e. The first-order valence-electron chi connectivity index (χ1n) is 6.56. The van der Waals surface area contributed by atoms with E-state index in [4.69, 9.17) is 5.26 Å². The van der Waals surface area contributed by atoms with Crippen LogP contribution in [-0.2, 0) is 0 Å². The summed E-state index contributed by atoms with van der Waals surface area (Å²) in [5.41, 5.74) is 1.79. The third-order valence-corrected chi connectivity index (χ3v) is 4.53. The van der Waals surface area contributed by atoms with Crippen LogP contribution in [0, 0.1) is 23.2 Å². The van der Waals surface area contributed by atoms with Gasteiger partial charge in [-0.15, -0.1) is 0 Å². The zero-order valence-corrected chi connectivity index (χ0v) is 12.5. The first-order valence-corrected chi connectivity index (χ1v) is 7.35. The lowest BCUT2D eigenvalue weighted by atomic mass is 9.80. The van der Waals surface area contributed by atoms with Crippen molar-refractivity contribution in [2.24, 2.45) is 11.8 Å². The van der Waals surface area contributed by atoms with Gasteiger partial charge in [0.25, 0.3) is 0 Å². The average Bonchev–Trinajstić information content (AvgIpc) is 2.34. The van der Waals surface area contributed by atoms with E-state index in [2.05, 4.69) is 41.2 Å². The van der Waals surface area contributed by atoms with Crippen molar-refractivity contribution in [3.05, 3.63) is 28.2 Å². The van der Waals surface area contributed by atoms with Gasteiger partial charge >= 0.3 is 0 Å². The smallest absolute Gasteiger partial charge is 0.0992 e. The molecule has 0 amide bonds. The number of nitrogens with zero attached hydrogens (tertiary/aromatic N) is 1. The van der Waals surface area contributed by atoms with Gasteiger partial charge in [-0.3, -0.25) is 0 Å². The van der Waals surface area contributed by atoms with Gasteiger partial charge in [0, 0.05) is 16.2 Å². The predicted octanol–water partition coefficient (Wildman–Crippen LogP) is 4.56. The molecule has 1 fully saturated rings. The Labute approximate surface area is 118 Å². The minimum absolute atomic E-state index is 0.547. The van der Waals surface area contributed by atoms with E-state index in [0.717, 1.165) is 16.1 Å². The second-order valence-corrected chi connectivity index (χ2v) is 6.31. The first-order chi connectivity index (χ1) is 8.60. The van der Waals surface area contributed by atoms with E-state index in [-0.39, 0.29) is 0 Å². The summed E-state index contributed by atoms with van der Waals surface area (Å²) in [5.74, 6) is 1.55. The molecule has 3 atom stereocenters. The van der Waals surface area contributed by atoms with Crippen LogP contribution in [0.2, 0.25) is 0 Å². The molecule has 18 heavy (non-hydrogen) atoms. The summed E-state index contributed by atoms with van der Waals surface area (Å²) in [6.07, 6.45) is 3.83. The van der Waals surface area contributed by atoms with Gasteiger partial charge in [-0.05, 0) is 65.2 Å². The van der Waals surface area contributed by atoms with E-state index in [9.17, 15) is 0 Å². The SMILES string of the molecule is CC1CCC(Nc2ccc(C#N)cc2Br)C(C)C1. The van der Waals surface area contributed by atoms with Gasteiger partial charge in [-0.2, -0.15) is 5.26 Å². The van der Waals surface area contributed by atoms with Gasteiger partial charge in [0.15, 0.2) is 0 Å². The minimum atomic E-state index is 0.547. The van der Waals surface area contributed by atoms with E-state index in [0.29, 0.717) is 17.5 Å². The number of rotatable bonds is 2. The molecule has 1 aromatic carbocycles. The number of nitriles is 1. The molecule has 2 nitrogen and oxygen atoms in total. The quantitative estimate of drug-likeness (QED) is 0.869. The molecule has 0 aromatic heterocycles. The highest BCUT2D eigenvalue weighted by molar-refractivity contribution is 9.10. The fraction of sp³-hybridized carbons (Fsp3) is 0.533. The van der Waals surface area contributed by atoms with Crippen LogP contribution in [-0.4, -0.2) is 6.04 Å². The molecule has 0 bridgehead atoms. The van der Waals surface area contributed by atoms with E-state index >= 15 is 0 Å². The largest absolute Gasteiger partial charge is 0.381 e. The molecule has 0 radical (unpaired) electrons. The van der Waals surface area contributed by atoms with Crippen LogP contribution >= 0.6 is 15.9 Å². The Balaban J connectivity index is 2.08. The summed E-state index contributed by atoms with van der Waals surface area (Å²) in [6, 6.07) is 8.43. The van der Waals surface area contributed by atoms with Crippen molar-refractivity contribution in [2.45, 2.75) is 39.2 Å². The van der Waals surface area contributed by atoms with E-state index in [1.54, 1.807) is 0 Å². The van der Waals surface area contributed by atoms with Gasteiger partial charge in [-0.25, -0.2) is 0 Å². The second kappa shape index (κ2) is 5.75. The number of hydrogen-bond donors (Lipinski definition) is 1. The van der Waals surface area contributed by atoms with E-state index in [1.165, 1.54) is 19.3 Å². The number of anilines is 1. The van der Waals surface area contributed by atoms with Crippen LogP contribution in [0.3, 0.4) is 0 Å². The van der Waals surface area contributed by atoms with E-state index in [1.807, 2.05) is 18.2 Å². The third kappa shape index (κ3) is 3.05. The molecule has 3 heteroatoms. The zero-order chi connectivity index (χ0) is 13.1. The number of halogens is 1. The standard InChI is InChI=1S/C15H19BrN2/c1-10-3-5-14(11(2)7-10)18-15-6-4-12(9-17)8-13(15)16/h4,6,8,10-11,14,18H,3,5,7H2,1-2H3. The summed E-state index contributed by atoms with van der Waals surface area (Å²) in [5, 5.41) is 12.5. The molecule has 0 heterocycles. The summed E-state index contributed by atoms with van der Waals surface area (Å²) in [7, 11) is 0. The molecule has 1 aliphatic rings. The zero-order valence-electron chi connectivity index (χ0n) is 10.9. The van der Waals surface area contributed by atoms with Crippen LogP contribution in [0.1, 0.15) is 38.7 Å². The third-order valence-electron chi connectivity index (χ3n) is 3.87. The molecule has 2 rings (SSSR count). The van der Waals surface area contributed by atoms with Crippen molar-refractivity contribution in [1.82, 2.24) is 0 Å². The maximum absolute atomic E-state index is 8.85. The first kappa shape index (κ1) is 13.4. The van der Waals surface area contributed by atoms with Crippen molar-refractivity contribution < 1.29 is 0 Å². The number of benzene rings is 1. The van der Waals surface area contributed by atoms with E-state index < -0.39 is 0 Å². The summed E-state index contributed by atoms with van der Waals surface area (Å²) in [4.78, 5) is 0. The minimum Gasteiger partial charge on any atom is -0.381 e. The Morgan fingerprint density at radius 2 is 2.11 bits per heavy atom. The second-order valence-electron chi connectivity index (χ2n) is 5.45. The van der Waals surface area contributed by atoms with Crippen LogP contribution < -0.4 is 5.32 Å². The summed E-state index contributed by atoms with van der Waals surface area (Å²) in [6.45, 7) is 4.66. The molecular formula is C15H19BrN2. The molecule has 1 aromatic rings. The van der Waals surface area contributed by atoms with Gasteiger partial charge in [0.05, 0.1) is 11.6 Å². The maximum atomic E-state index is 8.85. The van der Waals surface area contributed by atoms with Gasteiger partial charge in [-0.1, -0.05) is 13.8 Å². The normalized spacial score (nSPS) is 27.6. The number of hydrogen-bond acceptors (Lipinski definition) is 2. The summed E-state index contributed by atoms with van der Waals surface area (Å²) >= 11 is 3.53. The Hall–Kier alpha value is -1.01. The van der Waals surface area contributed by atoms with Crippen LogP contribution in [0.4, 0.5) is 5.69 Å². The fourth-order valence-corrected chi connectivity index (χ4v) is 3.27. The number of nitrogens with one attached hydrogen (secondary N) is 1. The predicted molar refractivity (Wildman–Crippen MR) is 78.4 cm³/mol. The molecule has 1 aliphatic carbocycles. The molecule has 0 aliphatic heterocycles. The van der Waals surface area contributed by atoms with Crippen molar-refractivity contribution in [3.8, 4) is 6.07 Å². The highest BCUT2D eigenvalue weighted by Crippen LogP contribution is 2.32. The monoisotopic (exact) mass is 306 g/mol. The molecule has 96 valence electrons. The molecule has 0 spiro atoms. The van der Waals surface area contributed by atoms with Crippen molar-refractivity contribution >= 4 is 21.6 Å². The van der Waals surface area contributed by atoms with Crippen molar-refractivity contribution in [3.63, 3.8) is 0 Å². The fourth-order valence-electron chi connectivity index (χ4n) is 2.78. The van der Waals surface area contributed by atoms with Crippen molar-refractivity contribution in [2.75, 3.05) is 5.32 Å². The van der Waals surface area contributed by atoms with Crippen LogP contribution in [0.25, 0.3) is 0 Å². The van der Waals surface area contributed by atoms with Crippen molar-refractivity contribution in [1.29, 1.82) is 5.26 Å². The molecule has 0 saturated heterocycles. The lowest BCUT2D eigenvalue weighted by Gasteiger charge is -2.34.